The molecule has 142 heavy (non-hydrogen) atoms. The molecule has 0 N–H and O–H groups in total. The normalized spacial score (nSPS) is 11.9. The Kier molecular flexibility index (Phi) is 19.1. The summed E-state index contributed by atoms with van der Waals surface area (Å²) in [7, 11) is 0. The Morgan fingerprint density at radius 3 is 1.01 bits per heavy atom. The van der Waals surface area contributed by atoms with Crippen molar-refractivity contribution in [3.8, 4) is 67.3 Å². The molecule has 0 unspecified atom stereocenters. The SMILES string of the molecule is c1ccc(-c2cccc3c2sc2cc4c5ccccc5n(-c5ccc(-c6ccc7oc8ccccc8c7c6)cc5)c4cc23)cc1.c1ccc(-n2c3ccccc3c3ccc(-c4ccc(-n5c6ccccc6c6cc7sc8ccccc8c7cc65)cc4)cc32)cc1.c1ccc(N(c2ccccc2)c2ccc3c4cc5sc6ccccc6c5cc4n(-c4ccc(-c5cccc6c5sc5ccccc56)cc4)c3c2)cc1. The predicted molar refractivity (Wildman–Crippen MR) is 612 cm³/mol. The van der Waals surface area contributed by atoms with Gasteiger partial charge < -0.3 is 27.6 Å². The van der Waals surface area contributed by atoms with Crippen molar-refractivity contribution in [3.63, 3.8) is 0 Å². The first-order valence-corrected chi connectivity index (χ1v) is 51.5. The van der Waals surface area contributed by atoms with E-state index in [9.17, 15) is 0 Å². The summed E-state index contributed by atoms with van der Waals surface area (Å²) in [6, 6.07) is 179. The number of para-hydroxylation sites is 7. The van der Waals surface area contributed by atoms with Crippen LogP contribution >= 0.6 is 45.3 Å². The van der Waals surface area contributed by atoms with Crippen LogP contribution in [0.15, 0.2) is 496 Å². The van der Waals surface area contributed by atoms with Gasteiger partial charge in [-0.1, -0.05) is 309 Å². The van der Waals surface area contributed by atoms with E-state index in [2.05, 4.69) is 502 Å². The zero-order valence-corrected chi connectivity index (χ0v) is 79.8. The Morgan fingerprint density at radius 1 is 0.155 bits per heavy atom. The van der Waals surface area contributed by atoms with Crippen molar-refractivity contribution in [2.24, 2.45) is 0 Å². The number of furan rings is 1. The lowest BCUT2D eigenvalue weighted by Gasteiger charge is -2.25. The van der Waals surface area contributed by atoms with Crippen LogP contribution in [0.5, 0.6) is 0 Å². The van der Waals surface area contributed by atoms with Crippen molar-refractivity contribution < 1.29 is 4.42 Å². The molecule has 9 aromatic heterocycles. The van der Waals surface area contributed by atoms with E-state index < -0.39 is 0 Å². The average molecular weight is 1880 g/mol. The highest BCUT2D eigenvalue weighted by Gasteiger charge is 2.25. The molecule has 0 radical (unpaired) electrons. The van der Waals surface area contributed by atoms with Gasteiger partial charge in [0.25, 0.3) is 0 Å². The highest BCUT2D eigenvalue weighted by Crippen LogP contribution is 2.50. The number of anilines is 3. The zero-order chi connectivity index (χ0) is 93.1. The zero-order valence-electron chi connectivity index (χ0n) is 76.5. The maximum atomic E-state index is 6.07. The molecule has 0 fully saturated rings. The van der Waals surface area contributed by atoms with Crippen LogP contribution in [0.25, 0.3) is 257 Å². The minimum atomic E-state index is 0.921. The van der Waals surface area contributed by atoms with E-state index in [0.717, 1.165) is 50.4 Å². The fourth-order valence-corrected chi connectivity index (χ4v) is 27.1. The molecule has 0 spiro atoms. The van der Waals surface area contributed by atoms with Crippen LogP contribution in [-0.2, 0) is 0 Å². The highest BCUT2D eigenvalue weighted by atomic mass is 32.1. The Balaban J connectivity index is 0.000000102. The van der Waals surface area contributed by atoms with Gasteiger partial charge in [-0.3, -0.25) is 0 Å². The van der Waals surface area contributed by atoms with E-state index in [-0.39, 0.29) is 0 Å². The van der Waals surface area contributed by atoms with Crippen molar-refractivity contribution in [3.05, 3.63) is 491 Å². The molecule has 0 aliphatic carbocycles. The summed E-state index contributed by atoms with van der Waals surface area (Å²) in [5.41, 5.74) is 29.5. The number of benzene rings is 22. The minimum absolute atomic E-state index is 0.921. The van der Waals surface area contributed by atoms with Gasteiger partial charge in [-0.15, -0.1) is 45.3 Å². The van der Waals surface area contributed by atoms with Crippen LogP contribution in [0.3, 0.4) is 0 Å². The number of fused-ring (bicyclic) bond motifs is 27. The van der Waals surface area contributed by atoms with Gasteiger partial charge in [0, 0.05) is 174 Å². The quantitative estimate of drug-likeness (QED) is 0.129. The van der Waals surface area contributed by atoms with Crippen LogP contribution in [0.4, 0.5) is 17.1 Å². The summed E-state index contributed by atoms with van der Waals surface area (Å²) in [4.78, 5) is 2.35. The molecule has 31 aromatic rings. The maximum absolute atomic E-state index is 6.07. The van der Waals surface area contributed by atoms with Crippen molar-refractivity contribution >= 4 is 252 Å². The Morgan fingerprint density at radius 2 is 0.479 bits per heavy atom. The van der Waals surface area contributed by atoms with Gasteiger partial charge in [0.2, 0.25) is 0 Å². The molecule has 0 atom stereocenters. The first-order valence-electron chi connectivity index (χ1n) is 48.2. The molecule has 10 heteroatoms. The van der Waals surface area contributed by atoms with Crippen LogP contribution in [0.1, 0.15) is 0 Å². The summed E-state index contributed by atoms with van der Waals surface area (Å²) >= 11 is 7.54. The molecule has 664 valence electrons. The Hall–Kier alpha value is -17.5. The number of hydrogen-bond donors (Lipinski definition) is 0. The summed E-state index contributed by atoms with van der Waals surface area (Å²) < 4.78 is 26.4. The third-order valence-electron chi connectivity index (χ3n) is 28.9. The number of hydrogen-bond acceptors (Lipinski definition) is 6. The molecule has 0 saturated carbocycles. The molecule has 22 aromatic carbocycles. The lowest BCUT2D eigenvalue weighted by Crippen LogP contribution is -2.09. The highest BCUT2D eigenvalue weighted by molar-refractivity contribution is 7.27. The second-order valence-electron chi connectivity index (χ2n) is 36.8. The van der Waals surface area contributed by atoms with Crippen LogP contribution in [0.2, 0.25) is 0 Å². The maximum Gasteiger partial charge on any atom is 0.135 e. The molecule has 0 amide bonds. The largest absolute Gasteiger partial charge is 0.456 e. The second-order valence-corrected chi connectivity index (χ2v) is 41.1. The third-order valence-corrected chi connectivity index (χ3v) is 33.6. The van der Waals surface area contributed by atoms with Crippen LogP contribution in [0, 0.1) is 0 Å². The fourth-order valence-electron chi connectivity index (χ4n) is 22.4. The van der Waals surface area contributed by atoms with E-state index in [0.29, 0.717) is 0 Å². The first-order chi connectivity index (χ1) is 70.4. The van der Waals surface area contributed by atoms with Gasteiger partial charge in [-0.05, 0) is 226 Å². The van der Waals surface area contributed by atoms with Gasteiger partial charge in [-0.25, -0.2) is 0 Å². The average Bonchev–Trinajstić information content (AvgIpc) is 1.57. The molecular formula is C132H81N5OS4. The minimum Gasteiger partial charge on any atom is -0.456 e. The molecule has 0 aliphatic rings. The topological polar surface area (TPSA) is 36.1 Å². The number of nitrogens with zero attached hydrogens (tertiary/aromatic N) is 5. The summed E-state index contributed by atoms with van der Waals surface area (Å²) in [5, 5.41) is 23.1. The second kappa shape index (κ2) is 33.1. The van der Waals surface area contributed by atoms with Gasteiger partial charge in [0.05, 0.1) is 44.1 Å². The Labute approximate surface area is 831 Å². The fraction of sp³-hybridized carbons (Fsp3) is 0. The molecule has 31 rings (SSSR count). The molecule has 0 saturated heterocycles. The molecule has 9 heterocycles. The van der Waals surface area contributed by atoms with Crippen molar-refractivity contribution in [2.45, 2.75) is 0 Å². The summed E-state index contributed by atoms with van der Waals surface area (Å²) in [6.07, 6.45) is 0. The predicted octanol–water partition coefficient (Wildman–Crippen LogP) is 39.0. The van der Waals surface area contributed by atoms with Crippen LogP contribution in [-0.4, -0.2) is 18.3 Å². The van der Waals surface area contributed by atoms with Gasteiger partial charge in [-0.2, -0.15) is 0 Å². The monoisotopic (exact) mass is 1880 g/mol. The smallest absolute Gasteiger partial charge is 0.135 e. The van der Waals surface area contributed by atoms with Crippen LogP contribution < -0.4 is 4.90 Å². The molecule has 0 bridgehead atoms. The van der Waals surface area contributed by atoms with Gasteiger partial charge >= 0.3 is 0 Å². The van der Waals surface area contributed by atoms with E-state index >= 15 is 0 Å². The van der Waals surface area contributed by atoms with Crippen molar-refractivity contribution in [1.29, 1.82) is 0 Å². The van der Waals surface area contributed by atoms with E-state index in [4.69, 9.17) is 4.42 Å². The first kappa shape index (κ1) is 81.7. The lowest BCUT2D eigenvalue weighted by atomic mass is 10.0. The van der Waals surface area contributed by atoms with Gasteiger partial charge in [0.15, 0.2) is 0 Å². The molecular weight excluding hydrogens is 1800 g/mol. The Bertz CT molecular complexity index is 10500. The van der Waals surface area contributed by atoms with E-state index in [1.54, 1.807) is 0 Å². The summed E-state index contributed by atoms with van der Waals surface area (Å²) in [6.45, 7) is 0. The van der Waals surface area contributed by atoms with E-state index in [1.165, 1.54) is 224 Å². The third kappa shape index (κ3) is 13.3. The van der Waals surface area contributed by atoms with Gasteiger partial charge in [0.1, 0.15) is 11.2 Å². The van der Waals surface area contributed by atoms with Crippen molar-refractivity contribution in [1.82, 2.24) is 18.3 Å². The lowest BCUT2D eigenvalue weighted by molar-refractivity contribution is 0.669. The molecule has 0 aliphatic heterocycles. The number of rotatable bonds is 11. The molecule has 6 nitrogen and oxygen atoms in total. The standard InChI is InChI=1S/C48H30N2S2.C42H26N2S.C42H25NOS/c1-3-12-32(13-4-1)49(33-14-5-2-6-15-33)35-26-27-37-41-30-47-42(39-17-8-9-20-45(39)51-47)29-44(41)50(43(37)28-35)34-24-22-31(23-25-34)36-18-11-19-40-38-16-7-10-21-46(38)52-48(36)40;1-2-10-29(11-3-1)43-37-15-7-4-12-31(37)33-23-20-28(24-39(33)43)27-18-21-30(22-19-27)44-38-16-8-5-13-32(38)35-26-42-36(25-40(35)44)34-14-6-9-17-41(34)45-42;1-2-9-27(10-3-1)30-13-8-14-33-36-24-38-34(25-41(36)45-42(30)33)31-11-4-6-15-37(31)43(38)29-20-17-26(18-21-29)28-19-22-40-35(23-28)32-12-5-7-16-39(32)44-40/h1-30H;1-26H;1-25H. The van der Waals surface area contributed by atoms with E-state index in [1.807, 2.05) is 57.5 Å². The van der Waals surface area contributed by atoms with Crippen molar-refractivity contribution in [2.75, 3.05) is 4.90 Å². The number of aromatic nitrogens is 4. The number of thiophene rings is 4. The summed E-state index contributed by atoms with van der Waals surface area (Å²) in [5.74, 6) is 0.